The van der Waals surface area contributed by atoms with Crippen molar-refractivity contribution in [1.82, 2.24) is 15.2 Å². The van der Waals surface area contributed by atoms with Gasteiger partial charge in [-0.3, -0.25) is 14.6 Å². The number of halogens is 2. The summed E-state index contributed by atoms with van der Waals surface area (Å²) >= 11 is 12.1. The van der Waals surface area contributed by atoms with Gasteiger partial charge in [0.1, 0.15) is 0 Å². The smallest absolute Gasteiger partial charge is 0.254 e. The minimum atomic E-state index is -0.111. The molecule has 1 saturated heterocycles. The van der Waals surface area contributed by atoms with Crippen LogP contribution in [0.4, 0.5) is 0 Å². The van der Waals surface area contributed by atoms with E-state index in [0.717, 1.165) is 48.9 Å². The SMILES string of the molecule is O=C(CN1CCN(Cc2ccccc2Cl)CC1)N/N=C/c1ccc(Cl)cc1. The molecule has 0 atom stereocenters. The summed E-state index contributed by atoms with van der Waals surface area (Å²) in [5, 5.41) is 5.47. The lowest BCUT2D eigenvalue weighted by Gasteiger charge is -2.34. The minimum absolute atomic E-state index is 0.111. The van der Waals surface area contributed by atoms with E-state index in [1.807, 2.05) is 30.3 Å². The maximum Gasteiger partial charge on any atom is 0.254 e. The van der Waals surface area contributed by atoms with Gasteiger partial charge in [-0.1, -0.05) is 53.5 Å². The maximum atomic E-state index is 12.1. The van der Waals surface area contributed by atoms with Gasteiger partial charge in [-0.15, -0.1) is 0 Å². The number of benzene rings is 2. The van der Waals surface area contributed by atoms with E-state index in [4.69, 9.17) is 23.2 Å². The van der Waals surface area contributed by atoms with Crippen LogP contribution in [0.3, 0.4) is 0 Å². The molecule has 142 valence electrons. The quantitative estimate of drug-likeness (QED) is 0.593. The summed E-state index contributed by atoms with van der Waals surface area (Å²) in [6.07, 6.45) is 1.61. The van der Waals surface area contributed by atoms with Gasteiger partial charge in [0.05, 0.1) is 12.8 Å². The Labute approximate surface area is 169 Å². The molecule has 3 rings (SSSR count). The molecule has 1 fully saturated rings. The number of nitrogens with one attached hydrogen (secondary N) is 1. The van der Waals surface area contributed by atoms with Gasteiger partial charge in [-0.05, 0) is 29.3 Å². The highest BCUT2D eigenvalue weighted by atomic mass is 35.5. The number of rotatable bonds is 6. The molecule has 0 aliphatic carbocycles. The Balaban J connectivity index is 1.39. The van der Waals surface area contributed by atoms with E-state index in [0.29, 0.717) is 11.6 Å². The predicted molar refractivity (Wildman–Crippen MR) is 110 cm³/mol. The summed E-state index contributed by atoms with van der Waals surface area (Å²) in [4.78, 5) is 16.5. The molecular weight excluding hydrogens is 383 g/mol. The summed E-state index contributed by atoms with van der Waals surface area (Å²) in [6, 6.07) is 15.2. The van der Waals surface area contributed by atoms with E-state index < -0.39 is 0 Å². The summed E-state index contributed by atoms with van der Waals surface area (Å²) in [7, 11) is 0. The zero-order valence-corrected chi connectivity index (χ0v) is 16.5. The number of carbonyl (C=O) groups is 1. The van der Waals surface area contributed by atoms with E-state index in [1.54, 1.807) is 18.3 Å². The van der Waals surface area contributed by atoms with Crippen LogP contribution in [0.2, 0.25) is 10.0 Å². The topological polar surface area (TPSA) is 47.9 Å². The molecule has 2 aromatic carbocycles. The number of amides is 1. The van der Waals surface area contributed by atoms with Crippen LogP contribution in [-0.4, -0.2) is 54.6 Å². The Morgan fingerprint density at radius 2 is 1.67 bits per heavy atom. The lowest BCUT2D eigenvalue weighted by Crippen LogP contribution is -2.48. The fourth-order valence-electron chi connectivity index (χ4n) is 2.94. The van der Waals surface area contributed by atoms with Crippen LogP contribution in [0.25, 0.3) is 0 Å². The van der Waals surface area contributed by atoms with Gasteiger partial charge in [0.2, 0.25) is 0 Å². The van der Waals surface area contributed by atoms with Gasteiger partial charge < -0.3 is 0 Å². The lowest BCUT2D eigenvalue weighted by molar-refractivity contribution is -0.122. The number of carbonyl (C=O) groups excluding carboxylic acids is 1. The predicted octanol–water partition coefficient (Wildman–Crippen LogP) is 3.26. The molecule has 1 aliphatic rings. The molecule has 0 spiro atoms. The van der Waals surface area contributed by atoms with Crippen molar-refractivity contribution in [2.24, 2.45) is 5.10 Å². The van der Waals surface area contributed by atoms with Crippen LogP contribution in [0.15, 0.2) is 53.6 Å². The molecule has 27 heavy (non-hydrogen) atoms. The van der Waals surface area contributed by atoms with E-state index in [9.17, 15) is 4.79 Å². The summed E-state index contributed by atoms with van der Waals surface area (Å²) in [6.45, 7) is 4.69. The summed E-state index contributed by atoms with van der Waals surface area (Å²) < 4.78 is 0. The van der Waals surface area contributed by atoms with Gasteiger partial charge in [-0.25, -0.2) is 5.43 Å². The first-order chi connectivity index (χ1) is 13.1. The van der Waals surface area contributed by atoms with E-state index in [2.05, 4.69) is 26.4 Å². The first-order valence-corrected chi connectivity index (χ1v) is 9.61. The number of nitrogens with zero attached hydrogens (tertiary/aromatic N) is 3. The third kappa shape index (κ3) is 6.33. The Bertz CT molecular complexity index is 787. The Hall–Kier alpha value is -1.92. The zero-order chi connectivity index (χ0) is 19.1. The standard InChI is InChI=1S/C20H22Cl2N4O/c21-18-7-5-16(6-8-18)13-23-24-20(27)15-26-11-9-25(10-12-26)14-17-3-1-2-4-19(17)22/h1-8,13H,9-12,14-15H2,(H,24,27)/b23-13+. The van der Waals surface area contributed by atoms with Crippen molar-refractivity contribution in [3.63, 3.8) is 0 Å². The minimum Gasteiger partial charge on any atom is -0.296 e. The Kier molecular flexibility index (Phi) is 7.24. The second kappa shape index (κ2) is 9.85. The van der Waals surface area contributed by atoms with E-state index in [-0.39, 0.29) is 5.91 Å². The molecule has 0 unspecified atom stereocenters. The van der Waals surface area contributed by atoms with Crippen LogP contribution < -0.4 is 5.43 Å². The van der Waals surface area contributed by atoms with Crippen molar-refractivity contribution in [1.29, 1.82) is 0 Å². The highest BCUT2D eigenvalue weighted by molar-refractivity contribution is 6.31. The van der Waals surface area contributed by atoms with Gasteiger partial charge in [0.15, 0.2) is 0 Å². The number of piperazine rings is 1. The van der Waals surface area contributed by atoms with Crippen molar-refractivity contribution in [3.05, 3.63) is 69.7 Å². The molecule has 5 nitrogen and oxygen atoms in total. The van der Waals surface area contributed by atoms with Crippen LogP contribution in [0, 0.1) is 0 Å². The van der Waals surface area contributed by atoms with Crippen LogP contribution >= 0.6 is 23.2 Å². The van der Waals surface area contributed by atoms with Gasteiger partial charge in [0.25, 0.3) is 5.91 Å². The molecule has 0 bridgehead atoms. The molecule has 1 amide bonds. The van der Waals surface area contributed by atoms with Crippen molar-refractivity contribution in [2.75, 3.05) is 32.7 Å². The van der Waals surface area contributed by atoms with Crippen molar-refractivity contribution < 1.29 is 4.79 Å². The second-order valence-corrected chi connectivity index (χ2v) is 7.33. The van der Waals surface area contributed by atoms with Gasteiger partial charge >= 0.3 is 0 Å². The number of hydrazone groups is 1. The van der Waals surface area contributed by atoms with Crippen LogP contribution in [0.5, 0.6) is 0 Å². The molecule has 1 N–H and O–H groups in total. The van der Waals surface area contributed by atoms with Gasteiger partial charge in [-0.2, -0.15) is 5.10 Å². The molecule has 7 heteroatoms. The molecule has 2 aromatic rings. The first-order valence-electron chi connectivity index (χ1n) is 8.86. The van der Waals surface area contributed by atoms with Crippen molar-refractivity contribution >= 4 is 35.3 Å². The summed E-state index contributed by atoms with van der Waals surface area (Å²) in [5.41, 5.74) is 4.60. The number of hydrogen-bond donors (Lipinski definition) is 1. The fraction of sp³-hybridized carbons (Fsp3) is 0.300. The molecular formula is C20H22Cl2N4O. The summed E-state index contributed by atoms with van der Waals surface area (Å²) in [5.74, 6) is -0.111. The molecule has 0 aromatic heterocycles. The third-order valence-corrected chi connectivity index (χ3v) is 5.08. The van der Waals surface area contributed by atoms with Crippen LogP contribution in [-0.2, 0) is 11.3 Å². The molecule has 0 radical (unpaired) electrons. The van der Waals surface area contributed by atoms with E-state index in [1.165, 1.54) is 0 Å². The normalized spacial score (nSPS) is 15.9. The second-order valence-electron chi connectivity index (χ2n) is 6.49. The maximum absolute atomic E-state index is 12.1. The molecule has 1 heterocycles. The largest absolute Gasteiger partial charge is 0.296 e. The monoisotopic (exact) mass is 404 g/mol. The number of hydrogen-bond acceptors (Lipinski definition) is 4. The average Bonchev–Trinajstić information content (AvgIpc) is 2.67. The lowest BCUT2D eigenvalue weighted by atomic mass is 10.2. The Morgan fingerprint density at radius 1 is 1.00 bits per heavy atom. The third-order valence-electron chi connectivity index (χ3n) is 4.46. The average molecular weight is 405 g/mol. The highest BCUT2D eigenvalue weighted by Crippen LogP contribution is 2.17. The van der Waals surface area contributed by atoms with E-state index >= 15 is 0 Å². The van der Waals surface area contributed by atoms with Crippen LogP contribution in [0.1, 0.15) is 11.1 Å². The highest BCUT2D eigenvalue weighted by Gasteiger charge is 2.19. The molecule has 0 saturated carbocycles. The first kappa shape index (κ1) is 19.8. The van der Waals surface area contributed by atoms with Crippen molar-refractivity contribution in [3.8, 4) is 0 Å². The molecule has 1 aliphatic heterocycles. The fourth-order valence-corrected chi connectivity index (χ4v) is 3.26. The van der Waals surface area contributed by atoms with Gasteiger partial charge in [0, 0.05) is 42.8 Å². The van der Waals surface area contributed by atoms with Crippen molar-refractivity contribution in [2.45, 2.75) is 6.54 Å². The Morgan fingerprint density at radius 3 is 2.37 bits per heavy atom. The zero-order valence-electron chi connectivity index (χ0n) is 14.9.